The number of nitrogens with one attached hydrogen (secondary N) is 1. The summed E-state index contributed by atoms with van der Waals surface area (Å²) >= 11 is 0. The molecule has 0 saturated heterocycles. The minimum absolute atomic E-state index is 0.0470. The summed E-state index contributed by atoms with van der Waals surface area (Å²) in [5, 5.41) is 5.49. The summed E-state index contributed by atoms with van der Waals surface area (Å²) in [4.78, 5) is 15.6. The fourth-order valence-electron chi connectivity index (χ4n) is 4.76. The molecule has 0 bridgehead atoms. The normalized spacial score (nSPS) is 15.8. The molecule has 6 rings (SSSR count). The maximum Gasteiger partial charge on any atom is 0.275 e. The lowest BCUT2D eigenvalue weighted by molar-refractivity contribution is -0.114. The van der Waals surface area contributed by atoms with Crippen LogP contribution in [0.5, 0.6) is 0 Å². The predicted octanol–water partition coefficient (Wildman–Crippen LogP) is 7.29. The van der Waals surface area contributed by atoms with Crippen LogP contribution in [0.2, 0.25) is 0 Å². The van der Waals surface area contributed by atoms with Crippen LogP contribution in [0, 0.1) is 13.8 Å². The number of benzene rings is 4. The average Bonchev–Trinajstić information content (AvgIpc) is 3.36. The number of hydrogen-bond acceptors (Lipinski definition) is 3. The van der Waals surface area contributed by atoms with Crippen LogP contribution in [0.4, 0.5) is 11.4 Å². The molecule has 1 N–H and O–H groups in total. The molecule has 0 saturated carbocycles. The molecular formula is C30H24N2O2. The molecule has 1 aliphatic heterocycles. The molecule has 34 heavy (non-hydrogen) atoms. The van der Waals surface area contributed by atoms with E-state index in [4.69, 9.17) is 4.42 Å². The van der Waals surface area contributed by atoms with E-state index in [-0.39, 0.29) is 11.9 Å². The van der Waals surface area contributed by atoms with Crippen molar-refractivity contribution in [3.63, 3.8) is 0 Å². The van der Waals surface area contributed by atoms with E-state index in [1.54, 1.807) is 0 Å². The van der Waals surface area contributed by atoms with E-state index in [1.807, 2.05) is 91.6 Å². The monoisotopic (exact) mass is 444 g/mol. The van der Waals surface area contributed by atoms with E-state index in [2.05, 4.69) is 29.6 Å². The van der Waals surface area contributed by atoms with Gasteiger partial charge >= 0.3 is 0 Å². The number of anilines is 2. The molecule has 5 aromatic rings. The number of nitrogens with zero attached hydrogens (tertiary/aromatic N) is 1. The second-order valence-corrected chi connectivity index (χ2v) is 8.89. The molecule has 0 fully saturated rings. The maximum absolute atomic E-state index is 13.7. The van der Waals surface area contributed by atoms with Crippen molar-refractivity contribution in [2.45, 2.75) is 19.9 Å². The Morgan fingerprint density at radius 1 is 0.765 bits per heavy atom. The number of carbonyl (C=O) groups excluding carboxylic acids is 1. The molecule has 0 unspecified atom stereocenters. The van der Waals surface area contributed by atoms with Gasteiger partial charge in [0, 0.05) is 22.1 Å². The number of rotatable bonds is 4. The third-order valence-electron chi connectivity index (χ3n) is 6.37. The zero-order chi connectivity index (χ0) is 23.2. The van der Waals surface area contributed by atoms with E-state index < -0.39 is 0 Å². The van der Waals surface area contributed by atoms with Crippen molar-refractivity contribution in [3.05, 3.63) is 119 Å². The molecule has 1 amide bonds. The van der Waals surface area contributed by atoms with Gasteiger partial charge in [-0.3, -0.25) is 9.69 Å². The Bertz CT molecular complexity index is 1590. The lowest BCUT2D eigenvalue weighted by Gasteiger charge is -2.25. The summed E-state index contributed by atoms with van der Waals surface area (Å²) in [7, 11) is 0. The second kappa shape index (κ2) is 7.92. The van der Waals surface area contributed by atoms with Crippen LogP contribution in [-0.4, -0.2) is 5.91 Å². The summed E-state index contributed by atoms with van der Waals surface area (Å²) in [6.45, 7) is 4.09. The second-order valence-electron chi connectivity index (χ2n) is 8.89. The van der Waals surface area contributed by atoms with Gasteiger partial charge in [-0.2, -0.15) is 0 Å². The van der Waals surface area contributed by atoms with Crippen LogP contribution in [-0.2, 0) is 4.79 Å². The van der Waals surface area contributed by atoms with Gasteiger partial charge in [0.25, 0.3) is 5.91 Å². The Morgan fingerprint density at radius 3 is 2.35 bits per heavy atom. The third kappa shape index (κ3) is 3.44. The first kappa shape index (κ1) is 20.3. The summed E-state index contributed by atoms with van der Waals surface area (Å²) in [6.07, 6.45) is 2.02. The van der Waals surface area contributed by atoms with Gasteiger partial charge in [-0.15, -0.1) is 0 Å². The van der Waals surface area contributed by atoms with E-state index in [9.17, 15) is 4.79 Å². The standard InChI is InChI=1S/C30H24N2O2/c1-19-7-5-9-22(15-19)31-26-18-27(32(30(26)33)23-10-6-8-20(2)16-23)21-13-14-29-25(17-21)24-11-3-4-12-28(24)34-29/h3-18,27,31H,1-2H3/t27-/m1/s1. The Labute approximate surface area is 198 Å². The lowest BCUT2D eigenvalue weighted by atomic mass is 10.0. The van der Waals surface area contributed by atoms with Crippen molar-refractivity contribution >= 4 is 39.2 Å². The van der Waals surface area contributed by atoms with Gasteiger partial charge in [0.2, 0.25) is 0 Å². The first-order valence-electron chi connectivity index (χ1n) is 11.4. The first-order valence-corrected chi connectivity index (χ1v) is 11.4. The fraction of sp³-hybridized carbons (Fsp3) is 0.100. The molecular weight excluding hydrogens is 420 g/mol. The van der Waals surface area contributed by atoms with Crippen LogP contribution in [0.3, 0.4) is 0 Å². The Morgan fingerprint density at radius 2 is 1.53 bits per heavy atom. The highest BCUT2D eigenvalue weighted by Gasteiger charge is 2.35. The van der Waals surface area contributed by atoms with Gasteiger partial charge < -0.3 is 9.73 Å². The van der Waals surface area contributed by atoms with Crippen molar-refractivity contribution in [3.8, 4) is 0 Å². The van der Waals surface area contributed by atoms with Crippen LogP contribution >= 0.6 is 0 Å². The van der Waals surface area contributed by atoms with Crippen molar-refractivity contribution in [1.82, 2.24) is 0 Å². The Hall–Kier alpha value is -4.31. The highest BCUT2D eigenvalue weighted by atomic mass is 16.3. The number of fused-ring (bicyclic) bond motifs is 3. The lowest BCUT2D eigenvalue weighted by Crippen LogP contribution is -2.30. The van der Waals surface area contributed by atoms with Crippen LogP contribution < -0.4 is 10.2 Å². The molecule has 4 aromatic carbocycles. The maximum atomic E-state index is 13.7. The highest BCUT2D eigenvalue weighted by Crippen LogP contribution is 2.39. The predicted molar refractivity (Wildman–Crippen MR) is 138 cm³/mol. The van der Waals surface area contributed by atoms with E-state index in [0.717, 1.165) is 50.0 Å². The zero-order valence-corrected chi connectivity index (χ0v) is 19.1. The quantitative estimate of drug-likeness (QED) is 0.317. The summed E-state index contributed by atoms with van der Waals surface area (Å²) < 4.78 is 6.02. The minimum atomic E-state index is -0.236. The van der Waals surface area contributed by atoms with E-state index in [1.165, 1.54) is 0 Å². The minimum Gasteiger partial charge on any atom is -0.456 e. The summed E-state index contributed by atoms with van der Waals surface area (Å²) in [5.41, 5.74) is 7.36. The Kier molecular flexibility index (Phi) is 4.73. The van der Waals surface area contributed by atoms with Gasteiger partial charge in [0.1, 0.15) is 16.9 Å². The van der Waals surface area contributed by atoms with Crippen molar-refractivity contribution in [1.29, 1.82) is 0 Å². The van der Waals surface area contributed by atoms with Gasteiger partial charge in [0.15, 0.2) is 0 Å². The molecule has 1 aliphatic rings. The highest BCUT2D eigenvalue weighted by molar-refractivity contribution is 6.11. The summed E-state index contributed by atoms with van der Waals surface area (Å²) in [6, 6.07) is 30.2. The van der Waals surface area contributed by atoms with Crippen LogP contribution in [0.1, 0.15) is 22.7 Å². The van der Waals surface area contributed by atoms with Crippen LogP contribution in [0.15, 0.2) is 107 Å². The number of hydrogen-bond donors (Lipinski definition) is 1. The number of carbonyl (C=O) groups is 1. The van der Waals surface area contributed by atoms with Crippen molar-refractivity contribution < 1.29 is 9.21 Å². The SMILES string of the molecule is Cc1cccc(NC2=C[C@H](c3ccc4oc5ccccc5c4c3)N(c3cccc(C)c3)C2=O)c1. The smallest absolute Gasteiger partial charge is 0.275 e. The molecule has 0 spiro atoms. The molecule has 1 aromatic heterocycles. The van der Waals surface area contributed by atoms with E-state index in [0.29, 0.717) is 5.70 Å². The van der Waals surface area contributed by atoms with Crippen molar-refractivity contribution in [2.24, 2.45) is 0 Å². The molecule has 1 atom stereocenters. The Balaban J connectivity index is 1.47. The van der Waals surface area contributed by atoms with Gasteiger partial charge in [-0.1, -0.05) is 48.5 Å². The molecule has 0 aliphatic carbocycles. The molecule has 166 valence electrons. The topological polar surface area (TPSA) is 45.5 Å². The largest absolute Gasteiger partial charge is 0.456 e. The van der Waals surface area contributed by atoms with Gasteiger partial charge in [-0.25, -0.2) is 0 Å². The zero-order valence-electron chi connectivity index (χ0n) is 19.1. The fourth-order valence-corrected chi connectivity index (χ4v) is 4.76. The van der Waals surface area contributed by atoms with Crippen LogP contribution in [0.25, 0.3) is 21.9 Å². The molecule has 2 heterocycles. The molecule has 4 heteroatoms. The van der Waals surface area contributed by atoms with Gasteiger partial charge in [0.05, 0.1) is 6.04 Å². The molecule has 4 nitrogen and oxygen atoms in total. The first-order chi connectivity index (χ1) is 16.6. The number of furan rings is 1. The molecule has 0 radical (unpaired) electrons. The van der Waals surface area contributed by atoms with E-state index >= 15 is 0 Å². The number of aryl methyl sites for hydroxylation is 2. The number of amides is 1. The van der Waals surface area contributed by atoms with Gasteiger partial charge in [-0.05, 0) is 79.1 Å². The average molecular weight is 445 g/mol. The summed E-state index contributed by atoms with van der Waals surface area (Å²) in [5.74, 6) is -0.0470. The number of para-hydroxylation sites is 1. The van der Waals surface area contributed by atoms with Crippen molar-refractivity contribution in [2.75, 3.05) is 10.2 Å². The third-order valence-corrected chi connectivity index (χ3v) is 6.37.